The van der Waals surface area contributed by atoms with Gasteiger partial charge in [-0.25, -0.2) is 9.78 Å². The van der Waals surface area contributed by atoms with Crippen molar-refractivity contribution in [2.45, 2.75) is 31.3 Å². The summed E-state index contributed by atoms with van der Waals surface area (Å²) in [6.45, 7) is 0. The maximum absolute atomic E-state index is 12.3. The Morgan fingerprint density at radius 1 is 1.33 bits per heavy atom. The van der Waals surface area contributed by atoms with Crippen molar-refractivity contribution in [1.82, 2.24) is 15.3 Å². The molecule has 128 valence electrons. The van der Waals surface area contributed by atoms with E-state index in [0.29, 0.717) is 12.8 Å². The molecular weight excluding hydrogens is 308 g/mol. The summed E-state index contributed by atoms with van der Waals surface area (Å²) in [4.78, 5) is 30.9. The number of amides is 1. The molecule has 7 heteroatoms. The Labute approximate surface area is 140 Å². The van der Waals surface area contributed by atoms with Crippen molar-refractivity contribution in [2.75, 3.05) is 7.11 Å². The molecule has 0 fully saturated rings. The van der Waals surface area contributed by atoms with Crippen molar-refractivity contribution in [3.8, 4) is 0 Å². The topological polar surface area (TPSA) is 110 Å². The largest absolute Gasteiger partial charge is 0.467 e. The number of esters is 1. The van der Waals surface area contributed by atoms with Gasteiger partial charge in [0.05, 0.1) is 19.5 Å². The van der Waals surface area contributed by atoms with E-state index in [-0.39, 0.29) is 12.3 Å². The second-order valence-corrected chi connectivity index (χ2v) is 5.50. The minimum absolute atomic E-state index is 0.268. The monoisotopic (exact) mass is 330 g/mol. The first kappa shape index (κ1) is 17.7. The van der Waals surface area contributed by atoms with Gasteiger partial charge in [0, 0.05) is 18.3 Å². The average molecular weight is 330 g/mol. The number of aromatic nitrogens is 2. The SMILES string of the molecule is COC(=O)[C@H](Cc1cnc[nH]1)NC(=O)C(N)CCc1ccccc1. The molecule has 1 aromatic carbocycles. The number of hydrogen-bond acceptors (Lipinski definition) is 5. The predicted octanol–water partition coefficient (Wildman–Crippen LogP) is 0.570. The van der Waals surface area contributed by atoms with E-state index in [1.54, 1.807) is 6.20 Å². The van der Waals surface area contributed by atoms with Crippen LogP contribution < -0.4 is 11.1 Å². The lowest BCUT2D eigenvalue weighted by atomic mass is 10.0. The third-order valence-electron chi connectivity index (χ3n) is 3.70. The van der Waals surface area contributed by atoms with Crippen molar-refractivity contribution in [2.24, 2.45) is 5.73 Å². The number of nitrogens with zero attached hydrogens (tertiary/aromatic N) is 1. The molecule has 7 nitrogen and oxygen atoms in total. The van der Waals surface area contributed by atoms with Crippen LogP contribution in [0.2, 0.25) is 0 Å². The molecular formula is C17H22N4O3. The van der Waals surface area contributed by atoms with Crippen LogP contribution in [0.1, 0.15) is 17.7 Å². The first-order valence-corrected chi connectivity index (χ1v) is 7.75. The highest BCUT2D eigenvalue weighted by Gasteiger charge is 2.25. The van der Waals surface area contributed by atoms with Crippen LogP contribution in [0.15, 0.2) is 42.9 Å². The number of rotatable bonds is 8. The summed E-state index contributed by atoms with van der Waals surface area (Å²) in [6, 6.07) is 8.30. The maximum Gasteiger partial charge on any atom is 0.328 e. The quantitative estimate of drug-likeness (QED) is 0.613. The zero-order valence-corrected chi connectivity index (χ0v) is 13.6. The fraction of sp³-hybridized carbons (Fsp3) is 0.353. The van der Waals surface area contributed by atoms with Gasteiger partial charge in [-0.05, 0) is 18.4 Å². The third-order valence-corrected chi connectivity index (χ3v) is 3.70. The van der Waals surface area contributed by atoms with Crippen molar-refractivity contribution >= 4 is 11.9 Å². The van der Waals surface area contributed by atoms with Crippen LogP contribution in [-0.4, -0.2) is 41.0 Å². The van der Waals surface area contributed by atoms with Crippen LogP contribution in [0, 0.1) is 0 Å². The number of methoxy groups -OCH3 is 1. The highest BCUT2D eigenvalue weighted by Crippen LogP contribution is 2.05. The Bertz CT molecular complexity index is 643. The van der Waals surface area contributed by atoms with Gasteiger partial charge in [-0.15, -0.1) is 0 Å². The second-order valence-electron chi connectivity index (χ2n) is 5.50. The van der Waals surface area contributed by atoms with E-state index >= 15 is 0 Å². The van der Waals surface area contributed by atoms with Crippen molar-refractivity contribution in [3.05, 3.63) is 54.1 Å². The van der Waals surface area contributed by atoms with Gasteiger partial charge in [0.25, 0.3) is 0 Å². The summed E-state index contributed by atoms with van der Waals surface area (Å²) in [7, 11) is 1.28. The normalized spacial score (nSPS) is 13.1. The Kier molecular flexibility index (Phi) is 6.51. The lowest BCUT2D eigenvalue weighted by molar-refractivity contribution is -0.145. The van der Waals surface area contributed by atoms with E-state index in [4.69, 9.17) is 10.5 Å². The number of benzene rings is 1. The van der Waals surface area contributed by atoms with Gasteiger partial charge in [-0.1, -0.05) is 30.3 Å². The van der Waals surface area contributed by atoms with Gasteiger partial charge < -0.3 is 20.8 Å². The smallest absolute Gasteiger partial charge is 0.328 e. The van der Waals surface area contributed by atoms with Crippen molar-refractivity contribution in [3.63, 3.8) is 0 Å². The zero-order valence-electron chi connectivity index (χ0n) is 13.6. The minimum Gasteiger partial charge on any atom is -0.467 e. The van der Waals surface area contributed by atoms with Gasteiger partial charge in [-0.2, -0.15) is 0 Å². The molecule has 2 aromatic rings. The molecule has 0 saturated heterocycles. The van der Waals surface area contributed by atoms with Crippen LogP contribution in [0.5, 0.6) is 0 Å². The molecule has 4 N–H and O–H groups in total. The first-order valence-electron chi connectivity index (χ1n) is 7.75. The summed E-state index contributed by atoms with van der Waals surface area (Å²) in [6.07, 6.45) is 4.56. The molecule has 2 atom stereocenters. The third kappa shape index (κ3) is 5.20. The number of ether oxygens (including phenoxy) is 1. The molecule has 1 heterocycles. The van der Waals surface area contributed by atoms with E-state index in [1.807, 2.05) is 30.3 Å². The van der Waals surface area contributed by atoms with Crippen LogP contribution in [-0.2, 0) is 27.2 Å². The van der Waals surface area contributed by atoms with E-state index in [1.165, 1.54) is 13.4 Å². The molecule has 0 aliphatic rings. The lowest BCUT2D eigenvalue weighted by Gasteiger charge is -2.18. The summed E-state index contributed by atoms with van der Waals surface area (Å²) in [5.41, 5.74) is 7.78. The van der Waals surface area contributed by atoms with Crippen LogP contribution >= 0.6 is 0 Å². The van der Waals surface area contributed by atoms with Gasteiger partial charge in [0.2, 0.25) is 5.91 Å². The van der Waals surface area contributed by atoms with Crippen molar-refractivity contribution in [1.29, 1.82) is 0 Å². The number of hydrogen-bond donors (Lipinski definition) is 3. The first-order chi connectivity index (χ1) is 11.6. The van der Waals surface area contributed by atoms with Crippen molar-refractivity contribution < 1.29 is 14.3 Å². The minimum atomic E-state index is -0.800. The zero-order chi connectivity index (χ0) is 17.4. The molecule has 1 aromatic heterocycles. The Balaban J connectivity index is 1.89. The van der Waals surface area contributed by atoms with Crippen LogP contribution in [0.25, 0.3) is 0 Å². The van der Waals surface area contributed by atoms with E-state index in [0.717, 1.165) is 11.3 Å². The summed E-state index contributed by atoms with van der Waals surface area (Å²) in [5, 5.41) is 2.66. The van der Waals surface area contributed by atoms with Gasteiger partial charge in [0.1, 0.15) is 6.04 Å². The number of aromatic amines is 1. The van der Waals surface area contributed by atoms with E-state index in [9.17, 15) is 9.59 Å². The molecule has 0 radical (unpaired) electrons. The highest BCUT2D eigenvalue weighted by atomic mass is 16.5. The molecule has 0 aliphatic heterocycles. The number of aryl methyl sites for hydroxylation is 1. The number of nitrogens with one attached hydrogen (secondary N) is 2. The fourth-order valence-electron chi connectivity index (χ4n) is 2.33. The summed E-state index contributed by atoms with van der Waals surface area (Å²) in [5.74, 6) is -0.894. The molecule has 0 spiro atoms. The lowest BCUT2D eigenvalue weighted by Crippen LogP contribution is -2.49. The van der Waals surface area contributed by atoms with Crippen LogP contribution in [0.3, 0.4) is 0 Å². The van der Waals surface area contributed by atoms with Gasteiger partial charge in [0.15, 0.2) is 0 Å². The van der Waals surface area contributed by atoms with Gasteiger partial charge >= 0.3 is 5.97 Å². The Morgan fingerprint density at radius 2 is 2.08 bits per heavy atom. The molecule has 1 amide bonds. The number of carbonyl (C=O) groups is 2. The number of imidazole rings is 1. The van der Waals surface area contributed by atoms with E-state index in [2.05, 4.69) is 15.3 Å². The number of nitrogens with two attached hydrogens (primary N) is 1. The molecule has 0 saturated carbocycles. The van der Waals surface area contributed by atoms with Gasteiger partial charge in [-0.3, -0.25) is 4.79 Å². The number of H-pyrrole nitrogens is 1. The molecule has 24 heavy (non-hydrogen) atoms. The highest BCUT2D eigenvalue weighted by molar-refractivity contribution is 5.87. The summed E-state index contributed by atoms with van der Waals surface area (Å²) >= 11 is 0. The average Bonchev–Trinajstić information content (AvgIpc) is 3.12. The Morgan fingerprint density at radius 3 is 2.71 bits per heavy atom. The number of carbonyl (C=O) groups excluding carboxylic acids is 2. The fourth-order valence-corrected chi connectivity index (χ4v) is 2.33. The standard InChI is InChI=1S/C17H22N4O3/c1-24-17(23)15(9-13-10-19-11-20-13)21-16(22)14(18)8-7-12-5-3-2-4-6-12/h2-6,10-11,14-15H,7-9,18H2,1H3,(H,19,20)(H,21,22)/t14?,15-/m0/s1. The molecule has 0 aliphatic carbocycles. The predicted molar refractivity (Wildman–Crippen MR) is 89.0 cm³/mol. The second kappa shape index (κ2) is 8.83. The molecule has 1 unspecified atom stereocenters. The Hall–Kier alpha value is -2.67. The van der Waals surface area contributed by atoms with E-state index < -0.39 is 18.1 Å². The molecule has 0 bridgehead atoms. The summed E-state index contributed by atoms with van der Waals surface area (Å²) < 4.78 is 4.74. The maximum atomic E-state index is 12.3. The molecule has 2 rings (SSSR count). The van der Waals surface area contributed by atoms with Crippen LogP contribution in [0.4, 0.5) is 0 Å².